The molecule has 3 aromatic rings. The molecule has 0 atom stereocenters. The lowest BCUT2D eigenvalue weighted by molar-refractivity contribution is -0.144. The molecule has 0 aromatic heterocycles. The minimum atomic E-state index is -4.53. The smallest absolute Gasteiger partial charge is 0.306 e. The van der Waals surface area contributed by atoms with Gasteiger partial charge in [-0.25, -0.2) is 17.2 Å². The second-order valence-electron chi connectivity index (χ2n) is 7.57. The molecule has 0 radical (unpaired) electrons. The molecule has 9 nitrogen and oxygen atoms in total. The number of aromatic hydroxyl groups is 2. The second kappa shape index (κ2) is 11.1. The number of carbonyl (C=O) groups is 1. The van der Waals surface area contributed by atoms with Gasteiger partial charge in [0.2, 0.25) is 0 Å². The number of carbonyl (C=O) groups excluding carboxylic acids is 1. The highest BCUT2D eigenvalue weighted by atomic mass is 32.2. The SMILES string of the molecule is COc1ccc(COC(=O)CCc2cc(O)c(NS(=O)(=O)c3cc(F)cc(F)c3)c(O)c2)cc1OC. The topological polar surface area (TPSA) is 131 Å². The zero-order chi connectivity index (χ0) is 26.5. The van der Waals surface area contributed by atoms with Gasteiger partial charge in [0.05, 0.1) is 19.1 Å². The summed E-state index contributed by atoms with van der Waals surface area (Å²) in [4.78, 5) is 11.4. The highest BCUT2D eigenvalue weighted by Gasteiger charge is 2.21. The summed E-state index contributed by atoms with van der Waals surface area (Å²) in [5.74, 6) is -3.07. The lowest BCUT2D eigenvalue weighted by Crippen LogP contribution is -2.14. The molecule has 0 heterocycles. The number of nitrogens with one attached hydrogen (secondary N) is 1. The quantitative estimate of drug-likeness (QED) is 0.270. The minimum absolute atomic E-state index is 0.0168. The van der Waals surface area contributed by atoms with Crippen LogP contribution in [0.25, 0.3) is 0 Å². The molecule has 3 aromatic carbocycles. The van der Waals surface area contributed by atoms with E-state index >= 15 is 0 Å². The number of hydrogen-bond donors (Lipinski definition) is 3. The van der Waals surface area contributed by atoms with Crippen LogP contribution in [0.2, 0.25) is 0 Å². The standard InChI is InChI=1S/C24H23F2NO8S/c1-33-21-5-3-15(9-22(21)34-2)13-35-23(30)6-4-14-7-19(28)24(20(29)8-14)27-36(31,32)18-11-16(25)10-17(26)12-18/h3,5,7-12,27-29H,4,6,13H2,1-2H3. The number of phenolic OH excluding ortho intramolecular Hbond substituents is 2. The van der Waals surface area contributed by atoms with Gasteiger partial charge >= 0.3 is 5.97 Å². The molecule has 0 unspecified atom stereocenters. The van der Waals surface area contributed by atoms with Gasteiger partial charge in [-0.2, -0.15) is 0 Å². The largest absolute Gasteiger partial charge is 0.506 e. The van der Waals surface area contributed by atoms with Crippen LogP contribution in [0.4, 0.5) is 14.5 Å². The van der Waals surface area contributed by atoms with Crippen LogP contribution in [0.3, 0.4) is 0 Å². The lowest BCUT2D eigenvalue weighted by Gasteiger charge is -2.13. The second-order valence-corrected chi connectivity index (χ2v) is 9.25. The number of hydrogen-bond acceptors (Lipinski definition) is 8. The van der Waals surface area contributed by atoms with Crippen LogP contribution in [0, 0.1) is 11.6 Å². The highest BCUT2D eigenvalue weighted by molar-refractivity contribution is 7.92. The van der Waals surface area contributed by atoms with Crippen molar-refractivity contribution >= 4 is 21.7 Å². The Kier molecular flexibility index (Phi) is 8.20. The van der Waals surface area contributed by atoms with E-state index in [9.17, 15) is 32.2 Å². The number of sulfonamides is 1. The van der Waals surface area contributed by atoms with E-state index in [1.54, 1.807) is 18.2 Å². The number of methoxy groups -OCH3 is 2. The number of rotatable bonds is 10. The average Bonchev–Trinajstić information content (AvgIpc) is 2.82. The summed E-state index contributed by atoms with van der Waals surface area (Å²) in [5, 5.41) is 20.5. The molecule has 0 bridgehead atoms. The molecular weight excluding hydrogens is 500 g/mol. The molecule has 36 heavy (non-hydrogen) atoms. The third-order valence-corrected chi connectivity index (χ3v) is 6.33. The number of esters is 1. The Hall–Kier alpha value is -4.06. The number of ether oxygens (including phenoxy) is 3. The van der Waals surface area contributed by atoms with Gasteiger partial charge in [0, 0.05) is 12.5 Å². The fraction of sp³-hybridized carbons (Fsp3) is 0.208. The van der Waals surface area contributed by atoms with E-state index in [4.69, 9.17) is 14.2 Å². The molecule has 12 heteroatoms. The van der Waals surface area contributed by atoms with Gasteiger partial charge in [-0.3, -0.25) is 9.52 Å². The van der Waals surface area contributed by atoms with Crippen molar-refractivity contribution in [2.45, 2.75) is 24.3 Å². The summed E-state index contributed by atoms with van der Waals surface area (Å²) < 4.78 is 69.1. The number of anilines is 1. The van der Waals surface area contributed by atoms with Gasteiger partial charge in [-0.15, -0.1) is 0 Å². The predicted molar refractivity (Wildman–Crippen MR) is 125 cm³/mol. The molecule has 0 aliphatic carbocycles. The van der Waals surface area contributed by atoms with Crippen LogP contribution in [0.1, 0.15) is 17.5 Å². The van der Waals surface area contributed by atoms with Crippen LogP contribution in [-0.4, -0.2) is 38.8 Å². The maximum absolute atomic E-state index is 13.4. The maximum atomic E-state index is 13.4. The molecule has 3 rings (SSSR count). The summed E-state index contributed by atoms with van der Waals surface area (Å²) >= 11 is 0. The molecule has 192 valence electrons. The summed E-state index contributed by atoms with van der Waals surface area (Å²) in [5.41, 5.74) is 0.401. The number of halogens is 2. The third-order valence-electron chi connectivity index (χ3n) is 5.00. The van der Waals surface area contributed by atoms with Crippen molar-refractivity contribution in [3.63, 3.8) is 0 Å². The van der Waals surface area contributed by atoms with E-state index in [1.165, 1.54) is 14.2 Å². The van der Waals surface area contributed by atoms with Crippen LogP contribution < -0.4 is 14.2 Å². The molecule has 0 saturated carbocycles. The molecular formula is C24H23F2NO8S. The Morgan fingerprint density at radius 3 is 2.08 bits per heavy atom. The minimum Gasteiger partial charge on any atom is -0.506 e. The van der Waals surface area contributed by atoms with Crippen molar-refractivity contribution in [1.82, 2.24) is 0 Å². The van der Waals surface area contributed by atoms with Crippen molar-refractivity contribution < 1.29 is 46.4 Å². The summed E-state index contributed by atoms with van der Waals surface area (Å²) in [6.45, 7) is -0.0168. The molecule has 0 aliphatic heterocycles. The van der Waals surface area contributed by atoms with Gasteiger partial charge in [0.1, 0.15) is 35.4 Å². The normalized spacial score (nSPS) is 11.1. The number of phenols is 2. The molecule has 0 spiro atoms. The Bertz CT molecular complexity index is 1340. The van der Waals surface area contributed by atoms with Crippen molar-refractivity contribution in [2.75, 3.05) is 18.9 Å². The van der Waals surface area contributed by atoms with E-state index < -0.39 is 49.7 Å². The van der Waals surface area contributed by atoms with Gasteiger partial charge in [-0.1, -0.05) is 6.07 Å². The first-order chi connectivity index (χ1) is 17.0. The predicted octanol–water partition coefficient (Wildman–Crippen LogP) is 3.87. The van der Waals surface area contributed by atoms with Crippen LogP contribution >= 0.6 is 0 Å². The Morgan fingerprint density at radius 1 is 0.889 bits per heavy atom. The third kappa shape index (κ3) is 6.54. The summed E-state index contributed by atoms with van der Waals surface area (Å²) in [7, 11) is -1.54. The fourth-order valence-corrected chi connectivity index (χ4v) is 4.38. The summed E-state index contributed by atoms with van der Waals surface area (Å²) in [6, 6.07) is 9.01. The Labute approximate surface area is 205 Å². The first kappa shape index (κ1) is 26.5. The zero-order valence-electron chi connectivity index (χ0n) is 19.2. The molecule has 0 amide bonds. The number of benzene rings is 3. The van der Waals surface area contributed by atoms with Gasteiger partial charge in [0.15, 0.2) is 11.5 Å². The monoisotopic (exact) mass is 523 g/mol. The van der Waals surface area contributed by atoms with Crippen LogP contribution in [0.15, 0.2) is 53.4 Å². The lowest BCUT2D eigenvalue weighted by atomic mass is 10.1. The van der Waals surface area contributed by atoms with Crippen molar-refractivity contribution in [3.8, 4) is 23.0 Å². The van der Waals surface area contributed by atoms with Gasteiger partial charge < -0.3 is 24.4 Å². The first-order valence-electron chi connectivity index (χ1n) is 10.4. The van der Waals surface area contributed by atoms with Gasteiger partial charge in [0.25, 0.3) is 10.0 Å². The Balaban J connectivity index is 1.63. The molecule has 0 aliphatic rings. The zero-order valence-corrected chi connectivity index (χ0v) is 20.1. The van der Waals surface area contributed by atoms with Gasteiger partial charge in [-0.05, 0) is 53.9 Å². The van der Waals surface area contributed by atoms with E-state index in [-0.39, 0.29) is 19.4 Å². The molecule has 0 saturated heterocycles. The van der Waals surface area contributed by atoms with E-state index in [2.05, 4.69) is 0 Å². The average molecular weight is 524 g/mol. The maximum Gasteiger partial charge on any atom is 0.306 e. The van der Waals surface area contributed by atoms with Crippen molar-refractivity contribution in [3.05, 3.63) is 71.3 Å². The van der Waals surface area contributed by atoms with Crippen molar-refractivity contribution in [2.24, 2.45) is 0 Å². The molecule has 0 fully saturated rings. The highest BCUT2D eigenvalue weighted by Crippen LogP contribution is 2.36. The Morgan fingerprint density at radius 2 is 1.50 bits per heavy atom. The van der Waals surface area contributed by atoms with Crippen LogP contribution in [0.5, 0.6) is 23.0 Å². The van der Waals surface area contributed by atoms with E-state index in [0.29, 0.717) is 40.8 Å². The van der Waals surface area contributed by atoms with Crippen molar-refractivity contribution in [1.29, 1.82) is 0 Å². The molecule has 3 N–H and O–H groups in total. The fourth-order valence-electron chi connectivity index (χ4n) is 3.25. The summed E-state index contributed by atoms with van der Waals surface area (Å²) in [6.07, 6.45) is -0.0339. The van der Waals surface area contributed by atoms with E-state index in [0.717, 1.165) is 12.1 Å². The first-order valence-corrected chi connectivity index (χ1v) is 11.9. The number of aryl methyl sites for hydroxylation is 1. The van der Waals surface area contributed by atoms with E-state index in [1.807, 2.05) is 4.72 Å². The van der Waals surface area contributed by atoms with Crippen LogP contribution in [-0.2, 0) is 32.6 Å².